The van der Waals surface area contributed by atoms with Gasteiger partial charge in [0.2, 0.25) is 11.7 Å². The first kappa shape index (κ1) is 15.0. The average molecular weight is 313 g/mol. The molecule has 118 valence electrons. The maximum Gasteiger partial charge on any atom is 0.376 e. The van der Waals surface area contributed by atoms with Crippen LogP contribution in [0.15, 0.2) is 30.5 Å². The second-order valence-electron chi connectivity index (χ2n) is 5.02. The Hall–Kier alpha value is -2.96. The molecule has 0 aliphatic carbocycles. The number of aromatic nitrogens is 2. The number of hydrogen-bond acceptors (Lipinski definition) is 6. The Morgan fingerprint density at radius 3 is 2.96 bits per heavy atom. The van der Waals surface area contributed by atoms with Gasteiger partial charge >= 0.3 is 5.97 Å². The standard InChI is InChI=1S/C16H15N3O4/c1-3-22-16(21)14-17-7-6-13(18-14)23-11-4-5-12-10(8-11)9-19(2)15(12)20/h4-8H,3,9H2,1-2H3. The molecule has 0 saturated heterocycles. The Morgan fingerprint density at radius 1 is 1.35 bits per heavy atom. The van der Waals surface area contributed by atoms with Gasteiger partial charge in [-0.25, -0.2) is 9.78 Å². The molecule has 0 fully saturated rings. The van der Waals surface area contributed by atoms with E-state index in [0.29, 0.717) is 17.9 Å². The Bertz CT molecular complexity index is 776. The van der Waals surface area contributed by atoms with E-state index in [1.54, 1.807) is 43.1 Å². The third-order valence-electron chi connectivity index (χ3n) is 3.37. The van der Waals surface area contributed by atoms with Gasteiger partial charge in [-0.3, -0.25) is 4.79 Å². The minimum Gasteiger partial charge on any atom is -0.460 e. The zero-order valence-electron chi connectivity index (χ0n) is 12.8. The van der Waals surface area contributed by atoms with Gasteiger partial charge in [0.15, 0.2) is 0 Å². The van der Waals surface area contributed by atoms with E-state index in [1.807, 2.05) is 0 Å². The third kappa shape index (κ3) is 2.98. The predicted molar refractivity (Wildman–Crippen MR) is 80.3 cm³/mol. The first-order chi connectivity index (χ1) is 11.1. The van der Waals surface area contributed by atoms with E-state index in [9.17, 15) is 9.59 Å². The average Bonchev–Trinajstić information content (AvgIpc) is 2.82. The molecule has 1 aromatic carbocycles. The zero-order valence-corrected chi connectivity index (χ0v) is 12.8. The van der Waals surface area contributed by atoms with E-state index in [-0.39, 0.29) is 24.2 Å². The Morgan fingerprint density at radius 2 is 2.17 bits per heavy atom. The quantitative estimate of drug-likeness (QED) is 0.803. The summed E-state index contributed by atoms with van der Waals surface area (Å²) in [6.45, 7) is 2.50. The van der Waals surface area contributed by atoms with Crippen molar-refractivity contribution in [3.05, 3.63) is 47.4 Å². The second kappa shape index (κ2) is 6.04. The molecule has 0 saturated carbocycles. The largest absolute Gasteiger partial charge is 0.460 e. The number of esters is 1. The zero-order chi connectivity index (χ0) is 16.4. The number of nitrogens with zero attached hydrogens (tertiary/aromatic N) is 3. The fourth-order valence-corrected chi connectivity index (χ4v) is 2.32. The van der Waals surface area contributed by atoms with Crippen molar-refractivity contribution in [1.29, 1.82) is 0 Å². The molecule has 2 aromatic rings. The number of carbonyl (C=O) groups excluding carboxylic acids is 2. The summed E-state index contributed by atoms with van der Waals surface area (Å²) in [6, 6.07) is 6.77. The minimum atomic E-state index is -0.598. The molecule has 1 aromatic heterocycles. The fourth-order valence-electron chi connectivity index (χ4n) is 2.32. The first-order valence-corrected chi connectivity index (χ1v) is 7.15. The van der Waals surface area contributed by atoms with Gasteiger partial charge in [0.25, 0.3) is 5.91 Å². The minimum absolute atomic E-state index is 0.00168. The van der Waals surface area contributed by atoms with Gasteiger partial charge < -0.3 is 14.4 Å². The molecule has 0 bridgehead atoms. The van der Waals surface area contributed by atoms with Gasteiger partial charge in [-0.05, 0) is 30.7 Å². The number of carbonyl (C=O) groups is 2. The van der Waals surface area contributed by atoms with Crippen LogP contribution in [0.3, 0.4) is 0 Å². The van der Waals surface area contributed by atoms with E-state index >= 15 is 0 Å². The van der Waals surface area contributed by atoms with Gasteiger partial charge in [-0.2, -0.15) is 4.98 Å². The summed E-state index contributed by atoms with van der Waals surface area (Å²) >= 11 is 0. The van der Waals surface area contributed by atoms with E-state index < -0.39 is 5.97 Å². The van der Waals surface area contributed by atoms with Crippen molar-refractivity contribution in [3.63, 3.8) is 0 Å². The van der Waals surface area contributed by atoms with E-state index in [2.05, 4.69) is 9.97 Å². The summed E-state index contributed by atoms with van der Waals surface area (Å²) in [5.74, 6) is 0.124. The lowest BCUT2D eigenvalue weighted by atomic mass is 10.1. The highest BCUT2D eigenvalue weighted by Crippen LogP contribution is 2.28. The van der Waals surface area contributed by atoms with Crippen molar-refractivity contribution in [2.45, 2.75) is 13.5 Å². The van der Waals surface area contributed by atoms with E-state index in [1.165, 1.54) is 6.20 Å². The van der Waals surface area contributed by atoms with Crippen LogP contribution < -0.4 is 4.74 Å². The van der Waals surface area contributed by atoms with E-state index in [4.69, 9.17) is 9.47 Å². The molecule has 0 unspecified atom stereocenters. The van der Waals surface area contributed by atoms with Crippen LogP contribution in [-0.2, 0) is 11.3 Å². The Kier molecular flexibility index (Phi) is 3.92. The molecule has 0 atom stereocenters. The van der Waals surface area contributed by atoms with Crippen molar-refractivity contribution in [2.75, 3.05) is 13.7 Å². The van der Waals surface area contributed by atoms with Crippen LogP contribution >= 0.6 is 0 Å². The summed E-state index contributed by atoms with van der Waals surface area (Å²) in [4.78, 5) is 33.0. The Balaban J connectivity index is 1.81. The topological polar surface area (TPSA) is 81.6 Å². The van der Waals surface area contributed by atoms with Crippen molar-refractivity contribution >= 4 is 11.9 Å². The van der Waals surface area contributed by atoms with Crippen LogP contribution in [0.4, 0.5) is 0 Å². The second-order valence-corrected chi connectivity index (χ2v) is 5.02. The summed E-state index contributed by atoms with van der Waals surface area (Å²) in [6.07, 6.45) is 1.43. The number of rotatable bonds is 4. The molecule has 0 N–H and O–H groups in total. The molecule has 1 aliphatic rings. The molecule has 2 heterocycles. The molecule has 1 aliphatic heterocycles. The molecule has 1 amide bonds. The van der Waals surface area contributed by atoms with E-state index in [0.717, 1.165) is 5.56 Å². The summed E-state index contributed by atoms with van der Waals surface area (Å²) in [5.41, 5.74) is 1.57. The van der Waals surface area contributed by atoms with Crippen LogP contribution in [0, 0.1) is 0 Å². The normalized spacial score (nSPS) is 13.0. The fraction of sp³-hybridized carbons (Fsp3) is 0.250. The van der Waals surface area contributed by atoms with Crippen molar-refractivity contribution in [2.24, 2.45) is 0 Å². The molecule has 7 nitrogen and oxygen atoms in total. The SMILES string of the molecule is CCOC(=O)c1nccc(Oc2ccc3c(c2)CN(C)C3=O)n1. The number of fused-ring (bicyclic) bond motifs is 1. The van der Waals surface area contributed by atoms with Crippen LogP contribution in [0.1, 0.15) is 33.5 Å². The predicted octanol–water partition coefficient (Wildman–Crippen LogP) is 2.03. The summed E-state index contributed by atoms with van der Waals surface area (Å²) < 4.78 is 10.5. The van der Waals surface area contributed by atoms with Gasteiger partial charge in [0.05, 0.1) is 6.61 Å². The lowest BCUT2D eigenvalue weighted by molar-refractivity contribution is 0.0510. The van der Waals surface area contributed by atoms with Crippen molar-refractivity contribution < 1.29 is 19.1 Å². The molecular weight excluding hydrogens is 298 g/mol. The number of ether oxygens (including phenoxy) is 2. The van der Waals surface area contributed by atoms with Gasteiger partial charge in [-0.15, -0.1) is 0 Å². The van der Waals surface area contributed by atoms with Gasteiger partial charge in [0.1, 0.15) is 5.75 Å². The molecule has 3 rings (SSSR count). The number of amides is 1. The van der Waals surface area contributed by atoms with Crippen LogP contribution in [0.2, 0.25) is 0 Å². The number of hydrogen-bond donors (Lipinski definition) is 0. The lowest BCUT2D eigenvalue weighted by Gasteiger charge is -2.07. The smallest absolute Gasteiger partial charge is 0.376 e. The first-order valence-electron chi connectivity index (χ1n) is 7.15. The van der Waals surface area contributed by atoms with Crippen LogP contribution in [-0.4, -0.2) is 40.4 Å². The molecule has 23 heavy (non-hydrogen) atoms. The monoisotopic (exact) mass is 313 g/mol. The molecular formula is C16H15N3O4. The highest BCUT2D eigenvalue weighted by Gasteiger charge is 2.24. The van der Waals surface area contributed by atoms with Gasteiger partial charge in [-0.1, -0.05) is 0 Å². The number of benzene rings is 1. The maximum atomic E-state index is 11.9. The highest BCUT2D eigenvalue weighted by atomic mass is 16.5. The molecule has 7 heteroatoms. The highest BCUT2D eigenvalue weighted by molar-refractivity contribution is 5.98. The van der Waals surface area contributed by atoms with Gasteiger partial charge in [0, 0.05) is 31.4 Å². The van der Waals surface area contributed by atoms with Crippen molar-refractivity contribution in [3.8, 4) is 11.6 Å². The molecule has 0 spiro atoms. The van der Waals surface area contributed by atoms with Crippen LogP contribution in [0.25, 0.3) is 0 Å². The molecule has 0 radical (unpaired) electrons. The summed E-state index contributed by atoms with van der Waals surface area (Å²) in [7, 11) is 1.75. The third-order valence-corrected chi connectivity index (χ3v) is 3.37. The lowest BCUT2D eigenvalue weighted by Crippen LogP contribution is -2.17. The Labute approximate surface area is 132 Å². The van der Waals surface area contributed by atoms with Crippen molar-refractivity contribution in [1.82, 2.24) is 14.9 Å². The van der Waals surface area contributed by atoms with Crippen LogP contribution in [0.5, 0.6) is 11.6 Å². The summed E-state index contributed by atoms with van der Waals surface area (Å²) in [5, 5.41) is 0. The maximum absolute atomic E-state index is 11.9.